The van der Waals surface area contributed by atoms with Crippen molar-refractivity contribution in [2.75, 3.05) is 17.3 Å². The number of nitrogens with one attached hydrogen (secondary N) is 2. The Morgan fingerprint density at radius 1 is 1.11 bits per heavy atom. The fourth-order valence-corrected chi connectivity index (χ4v) is 7.52. The van der Waals surface area contributed by atoms with Crippen LogP contribution in [0, 0.1) is 12.7 Å². The molecule has 0 spiro atoms. The minimum atomic E-state index is -3.97. The molecule has 45 heavy (non-hydrogen) atoms. The van der Waals surface area contributed by atoms with E-state index < -0.39 is 27.2 Å². The number of rotatable bonds is 8. The van der Waals surface area contributed by atoms with Gasteiger partial charge in [0.05, 0.1) is 34.0 Å². The quantitative estimate of drug-likeness (QED) is 0.266. The zero-order valence-electron chi connectivity index (χ0n) is 25.1. The van der Waals surface area contributed by atoms with Crippen molar-refractivity contribution >= 4 is 50.1 Å². The monoisotopic (exact) mass is 654 g/mol. The molecule has 0 saturated heterocycles. The Bertz CT molecular complexity index is 2010. The number of carbonyl (C=O) groups excluding carboxylic acids is 1. The van der Waals surface area contributed by atoms with E-state index in [9.17, 15) is 22.4 Å². The van der Waals surface area contributed by atoms with Gasteiger partial charge in [0.2, 0.25) is 16.0 Å². The lowest BCUT2D eigenvalue weighted by Gasteiger charge is -2.33. The van der Waals surface area contributed by atoms with Crippen molar-refractivity contribution in [2.24, 2.45) is 7.05 Å². The number of hydrogen-bond acceptors (Lipinski definition) is 9. The normalized spacial score (nSPS) is 18.4. The lowest BCUT2D eigenvalue weighted by atomic mass is 9.95. The van der Waals surface area contributed by atoms with Gasteiger partial charge in [0.25, 0.3) is 11.5 Å². The third kappa shape index (κ3) is 5.87. The van der Waals surface area contributed by atoms with E-state index in [0.29, 0.717) is 48.3 Å². The van der Waals surface area contributed by atoms with Gasteiger partial charge in [-0.1, -0.05) is 23.7 Å². The number of anilines is 2. The predicted molar refractivity (Wildman–Crippen MR) is 169 cm³/mol. The highest BCUT2D eigenvalue weighted by molar-refractivity contribution is 7.90. The maximum atomic E-state index is 13.9. The molecule has 2 aromatic carbocycles. The minimum Gasteiger partial charge on any atom is -0.381 e. The van der Waals surface area contributed by atoms with E-state index in [-0.39, 0.29) is 34.0 Å². The number of aromatic nitrogens is 3. The van der Waals surface area contributed by atoms with Crippen molar-refractivity contribution in [3.8, 4) is 0 Å². The Kier molecular flexibility index (Phi) is 8.04. The summed E-state index contributed by atoms with van der Waals surface area (Å²) in [6, 6.07) is 10.9. The molecular weight excluding hydrogens is 623 g/mol. The number of nitrogens with zero attached hydrogens (tertiary/aromatic N) is 4. The van der Waals surface area contributed by atoms with Crippen molar-refractivity contribution in [3.05, 3.63) is 91.7 Å². The first kappa shape index (κ1) is 30.9. The number of benzene rings is 2. The van der Waals surface area contributed by atoms with Gasteiger partial charge in [-0.15, -0.1) is 0 Å². The molecule has 0 bridgehead atoms. The van der Waals surface area contributed by atoms with Crippen molar-refractivity contribution in [3.63, 3.8) is 0 Å². The minimum absolute atomic E-state index is 0.0149. The van der Waals surface area contributed by atoms with Crippen molar-refractivity contribution in [1.82, 2.24) is 19.3 Å². The zero-order chi connectivity index (χ0) is 32.2. The standard InChI is InChI=1S/C31H32ClFN6O5S/c1-16-9-23(27-24(10-16)30(41)38(3)31(36-27)39-14-18-5-6-20(33)11-19(18)15-39)17(2)34-25-7-8-26(32)35-28(25)29(40)37-45(42,43)22-12-21(13-22)44-4/h5-11,17,21-22,34H,12-15H2,1-4H3,(H,37,40)/t17-,21?,22?/m1/s1. The van der Waals surface area contributed by atoms with Crippen LogP contribution >= 0.6 is 11.6 Å². The van der Waals surface area contributed by atoms with Crippen LogP contribution in [0.2, 0.25) is 5.15 Å². The van der Waals surface area contributed by atoms with E-state index in [1.807, 2.05) is 24.8 Å². The molecular formula is C31H32ClFN6O5S. The average Bonchev–Trinajstić information content (AvgIpc) is 3.37. The highest BCUT2D eigenvalue weighted by Gasteiger charge is 2.40. The van der Waals surface area contributed by atoms with Crippen LogP contribution in [0.3, 0.4) is 0 Å². The maximum absolute atomic E-state index is 13.9. The van der Waals surface area contributed by atoms with Gasteiger partial charge in [-0.2, -0.15) is 0 Å². The van der Waals surface area contributed by atoms with E-state index in [4.69, 9.17) is 21.3 Å². The average molecular weight is 655 g/mol. The largest absolute Gasteiger partial charge is 0.381 e. The molecule has 1 amide bonds. The van der Waals surface area contributed by atoms with Crippen molar-refractivity contribution in [1.29, 1.82) is 0 Å². The Morgan fingerprint density at radius 2 is 1.84 bits per heavy atom. The second-order valence-corrected chi connectivity index (χ2v) is 14.0. The molecule has 14 heteroatoms. The molecule has 1 fully saturated rings. The molecule has 1 aliphatic heterocycles. The molecule has 3 heterocycles. The van der Waals surface area contributed by atoms with Crippen molar-refractivity contribution < 1.29 is 22.3 Å². The summed E-state index contributed by atoms with van der Waals surface area (Å²) in [5.74, 6) is -0.799. The van der Waals surface area contributed by atoms with E-state index in [1.165, 1.54) is 29.9 Å². The van der Waals surface area contributed by atoms with Crippen LogP contribution in [0.1, 0.15) is 58.5 Å². The molecule has 2 aliphatic rings. The van der Waals surface area contributed by atoms with E-state index in [1.54, 1.807) is 25.2 Å². The number of aryl methyl sites for hydroxylation is 1. The smallest absolute Gasteiger partial charge is 0.285 e. The summed E-state index contributed by atoms with van der Waals surface area (Å²) in [6.45, 7) is 4.59. The predicted octanol–water partition coefficient (Wildman–Crippen LogP) is 4.36. The SMILES string of the molecule is COC1CC(S(=O)(=O)NC(=O)c2nc(Cl)ccc2N[C@H](C)c2cc(C)cc3c(=O)n(C)c(N4Cc5ccc(F)cc5C4)nc23)C1. The van der Waals surface area contributed by atoms with E-state index in [2.05, 4.69) is 15.0 Å². The number of hydrogen-bond donors (Lipinski definition) is 2. The lowest BCUT2D eigenvalue weighted by Crippen LogP contribution is -2.47. The molecule has 1 atom stereocenters. The summed E-state index contributed by atoms with van der Waals surface area (Å²) in [7, 11) is -0.790. The number of sulfonamides is 1. The molecule has 0 unspecified atom stereocenters. The second-order valence-electron chi connectivity index (χ2n) is 11.6. The first-order chi connectivity index (χ1) is 21.3. The maximum Gasteiger partial charge on any atom is 0.285 e. The molecule has 4 aromatic rings. The highest BCUT2D eigenvalue weighted by atomic mass is 35.5. The van der Waals surface area contributed by atoms with Crippen LogP contribution in [0.25, 0.3) is 10.9 Å². The van der Waals surface area contributed by atoms with Gasteiger partial charge in [-0.3, -0.25) is 14.2 Å². The first-order valence-corrected chi connectivity index (χ1v) is 16.3. The Labute approximate surface area is 264 Å². The first-order valence-electron chi connectivity index (χ1n) is 14.4. The molecule has 1 saturated carbocycles. The fourth-order valence-electron chi connectivity index (χ4n) is 5.92. The topological polar surface area (TPSA) is 136 Å². The molecule has 11 nitrogen and oxygen atoms in total. The van der Waals surface area contributed by atoms with E-state index in [0.717, 1.165) is 16.7 Å². The summed E-state index contributed by atoms with van der Waals surface area (Å²) in [4.78, 5) is 37.9. The van der Waals surface area contributed by atoms with Crippen molar-refractivity contribution in [2.45, 2.75) is 57.2 Å². The number of methoxy groups -OCH3 is 1. The van der Waals surface area contributed by atoms with Crippen LogP contribution < -0.4 is 20.5 Å². The Hall–Kier alpha value is -4.07. The number of fused-ring (bicyclic) bond motifs is 2. The number of pyridine rings is 1. The van der Waals surface area contributed by atoms with Gasteiger partial charge in [0, 0.05) is 32.8 Å². The van der Waals surface area contributed by atoms with Gasteiger partial charge >= 0.3 is 0 Å². The number of amides is 1. The zero-order valence-corrected chi connectivity index (χ0v) is 26.7. The molecule has 2 aromatic heterocycles. The number of halogens is 2. The van der Waals surface area contributed by atoms with Crippen LogP contribution in [0.15, 0.2) is 47.3 Å². The highest BCUT2D eigenvalue weighted by Crippen LogP contribution is 2.32. The summed E-state index contributed by atoms with van der Waals surface area (Å²) in [5.41, 5.74) is 3.60. The Balaban J connectivity index is 1.33. The molecule has 0 radical (unpaired) electrons. The van der Waals surface area contributed by atoms with Gasteiger partial charge in [0.15, 0.2) is 5.69 Å². The van der Waals surface area contributed by atoms with E-state index >= 15 is 0 Å². The van der Waals surface area contributed by atoms with Gasteiger partial charge in [-0.05, 0) is 73.7 Å². The third-order valence-electron chi connectivity index (χ3n) is 8.48. The molecule has 6 rings (SSSR count). The second kappa shape index (κ2) is 11.7. The van der Waals surface area contributed by atoms with Crippen LogP contribution in [0.5, 0.6) is 0 Å². The van der Waals surface area contributed by atoms with Gasteiger partial charge < -0.3 is 15.0 Å². The molecule has 2 N–H and O–H groups in total. The van der Waals surface area contributed by atoms with Gasteiger partial charge in [-0.25, -0.2) is 27.5 Å². The number of ether oxygens (including phenoxy) is 1. The van der Waals surface area contributed by atoms with Gasteiger partial charge in [0.1, 0.15) is 11.0 Å². The Morgan fingerprint density at radius 3 is 2.58 bits per heavy atom. The fraction of sp³-hybridized carbons (Fsp3) is 0.355. The summed E-state index contributed by atoms with van der Waals surface area (Å²) in [5, 5.41) is 2.94. The van der Waals surface area contributed by atoms with Crippen LogP contribution in [-0.4, -0.2) is 47.3 Å². The van der Waals surface area contributed by atoms with Crippen LogP contribution in [-0.2, 0) is 34.9 Å². The summed E-state index contributed by atoms with van der Waals surface area (Å²) >= 11 is 6.12. The molecule has 1 aliphatic carbocycles. The lowest BCUT2D eigenvalue weighted by molar-refractivity contribution is 0.0433. The van der Waals surface area contributed by atoms with Crippen LogP contribution in [0.4, 0.5) is 16.0 Å². The molecule has 236 valence electrons. The third-order valence-corrected chi connectivity index (χ3v) is 10.4. The summed E-state index contributed by atoms with van der Waals surface area (Å²) < 4.78 is 48.4. The number of carbonyl (C=O) groups is 1. The summed E-state index contributed by atoms with van der Waals surface area (Å²) in [6.07, 6.45) is 0.418.